The number of aromatic nitrogens is 2. The van der Waals surface area contributed by atoms with Gasteiger partial charge in [0.25, 0.3) is 0 Å². The van der Waals surface area contributed by atoms with E-state index in [1.165, 1.54) is 24.3 Å². The third-order valence-electron chi connectivity index (χ3n) is 4.93. The van der Waals surface area contributed by atoms with Crippen LogP contribution >= 0.6 is 0 Å². The van der Waals surface area contributed by atoms with Gasteiger partial charge in [0.1, 0.15) is 12.4 Å². The minimum Gasteiger partial charge on any atom is -0.388 e. The first-order chi connectivity index (χ1) is 14.9. The van der Waals surface area contributed by atoms with E-state index in [1.807, 2.05) is 38.1 Å². The van der Waals surface area contributed by atoms with Crippen molar-refractivity contribution in [3.8, 4) is 11.5 Å². The van der Waals surface area contributed by atoms with Crippen LogP contribution in [0.4, 0.5) is 15.8 Å². The first-order valence-corrected chi connectivity index (χ1v) is 10.0. The Morgan fingerprint density at radius 3 is 2.39 bits per heavy atom. The Bertz CT molecular complexity index is 1100. The fraction of sp³-hybridized carbons (Fsp3) is 0.318. The minimum atomic E-state index is -0.764. The van der Waals surface area contributed by atoms with Gasteiger partial charge in [0.05, 0.1) is 12.2 Å². The number of rotatable bonds is 5. The number of halogens is 1. The Kier molecular flexibility index (Phi) is 5.85. The van der Waals surface area contributed by atoms with Crippen LogP contribution in [0.3, 0.4) is 0 Å². The van der Waals surface area contributed by atoms with Crippen LogP contribution < -0.4 is 16.0 Å². The molecule has 0 bridgehead atoms. The maximum absolute atomic E-state index is 13.1. The maximum Gasteiger partial charge on any atom is 0.437 e. The van der Waals surface area contributed by atoms with Crippen LogP contribution in [0.5, 0.6) is 0 Å². The van der Waals surface area contributed by atoms with Gasteiger partial charge in [0, 0.05) is 30.0 Å². The van der Waals surface area contributed by atoms with E-state index in [-0.39, 0.29) is 24.6 Å². The molecule has 0 saturated carbocycles. The smallest absolute Gasteiger partial charge is 0.388 e. The molecule has 0 aliphatic carbocycles. The zero-order chi connectivity index (χ0) is 22.0. The summed E-state index contributed by atoms with van der Waals surface area (Å²) in [4.78, 5) is 26.6. The van der Waals surface area contributed by atoms with Crippen molar-refractivity contribution in [2.45, 2.75) is 32.6 Å². The number of hydrogen-bond donors (Lipinski definition) is 1. The molecule has 9 heteroatoms. The number of ether oxygens (including phenoxy) is 1. The molecule has 0 spiro atoms. The molecule has 1 amide bonds. The number of amides is 1. The highest BCUT2D eigenvalue weighted by atomic mass is 19.1. The van der Waals surface area contributed by atoms with Crippen molar-refractivity contribution in [2.24, 2.45) is 0 Å². The third-order valence-corrected chi connectivity index (χ3v) is 4.93. The van der Waals surface area contributed by atoms with E-state index < -0.39 is 17.5 Å². The Labute approximate surface area is 178 Å². The molecule has 3 aromatic rings. The molecular weight excluding hydrogens is 403 g/mol. The number of carbonyl (C=O) groups excluding carboxylic acids is 1. The van der Waals surface area contributed by atoms with E-state index in [2.05, 4.69) is 15.3 Å². The molecule has 1 aromatic heterocycles. The van der Waals surface area contributed by atoms with Crippen molar-refractivity contribution in [1.82, 2.24) is 9.78 Å². The van der Waals surface area contributed by atoms with Gasteiger partial charge in [-0.25, -0.2) is 9.18 Å². The molecule has 2 heterocycles. The molecule has 1 N–H and O–H groups in total. The molecule has 1 aliphatic heterocycles. The summed E-state index contributed by atoms with van der Waals surface area (Å²) in [5.74, 6) is -1.56. The van der Waals surface area contributed by atoms with Crippen LogP contribution in [0.2, 0.25) is 0 Å². The molecule has 1 saturated heterocycles. The molecule has 1 aliphatic rings. The van der Waals surface area contributed by atoms with Gasteiger partial charge in [-0.3, -0.25) is 4.79 Å². The van der Waals surface area contributed by atoms with E-state index >= 15 is 0 Å². The SMILES string of the molecule is CC1CN(c2ccc(NC(=O)Cn3nc(-c4ccc(F)cc4)oc3=O)cc2)CC(C)O1. The lowest BCUT2D eigenvalue weighted by Crippen LogP contribution is -2.45. The van der Waals surface area contributed by atoms with Gasteiger partial charge in [0.15, 0.2) is 0 Å². The molecular formula is C22H23FN4O4. The standard InChI is InChI=1S/C22H23FN4O4/c1-14-11-26(12-15(2)30-14)19-9-7-18(8-10-19)24-20(28)13-27-22(29)31-21(25-27)16-3-5-17(23)6-4-16/h3-10,14-15H,11-13H2,1-2H3,(H,24,28). The number of benzene rings is 2. The van der Waals surface area contributed by atoms with Crippen molar-refractivity contribution >= 4 is 17.3 Å². The van der Waals surface area contributed by atoms with Gasteiger partial charge in [-0.15, -0.1) is 5.10 Å². The molecule has 0 radical (unpaired) electrons. The van der Waals surface area contributed by atoms with Crippen molar-refractivity contribution < 1.29 is 18.3 Å². The Balaban J connectivity index is 1.39. The molecule has 2 aromatic carbocycles. The number of nitrogens with one attached hydrogen (secondary N) is 1. The van der Waals surface area contributed by atoms with Crippen molar-refractivity contribution in [1.29, 1.82) is 0 Å². The second kappa shape index (κ2) is 8.73. The van der Waals surface area contributed by atoms with E-state index in [1.54, 1.807) is 0 Å². The van der Waals surface area contributed by atoms with Crippen LogP contribution in [0.25, 0.3) is 11.5 Å². The molecule has 2 unspecified atom stereocenters. The number of nitrogens with zero attached hydrogens (tertiary/aromatic N) is 3. The lowest BCUT2D eigenvalue weighted by Gasteiger charge is -2.36. The number of hydrogen-bond acceptors (Lipinski definition) is 6. The number of carbonyl (C=O) groups is 1. The van der Waals surface area contributed by atoms with E-state index in [9.17, 15) is 14.0 Å². The van der Waals surface area contributed by atoms with Gasteiger partial charge >= 0.3 is 5.76 Å². The summed E-state index contributed by atoms with van der Waals surface area (Å²) in [5, 5.41) is 6.77. The first-order valence-electron chi connectivity index (χ1n) is 10.0. The lowest BCUT2D eigenvalue weighted by molar-refractivity contribution is -0.117. The molecule has 31 heavy (non-hydrogen) atoms. The normalized spacial score (nSPS) is 18.7. The quantitative estimate of drug-likeness (QED) is 0.675. The van der Waals surface area contributed by atoms with Crippen LogP contribution in [0.15, 0.2) is 57.7 Å². The van der Waals surface area contributed by atoms with Gasteiger partial charge in [0.2, 0.25) is 11.8 Å². The summed E-state index contributed by atoms with van der Waals surface area (Å²) < 4.78 is 24.8. The van der Waals surface area contributed by atoms with Gasteiger partial charge in [-0.05, 0) is 62.4 Å². The second-order valence-electron chi connectivity index (χ2n) is 7.60. The summed E-state index contributed by atoms with van der Waals surface area (Å²) in [7, 11) is 0. The van der Waals surface area contributed by atoms with Gasteiger partial charge in [-0.1, -0.05) is 0 Å². The summed E-state index contributed by atoms with van der Waals surface area (Å²) in [6.07, 6.45) is 0.312. The second-order valence-corrected chi connectivity index (χ2v) is 7.60. The van der Waals surface area contributed by atoms with Crippen LogP contribution in [-0.2, 0) is 16.1 Å². The fourth-order valence-electron chi connectivity index (χ4n) is 3.60. The lowest BCUT2D eigenvalue weighted by atomic mass is 10.2. The monoisotopic (exact) mass is 426 g/mol. The van der Waals surface area contributed by atoms with Crippen LogP contribution in [-0.4, -0.2) is 41.0 Å². The maximum atomic E-state index is 13.1. The first kappa shape index (κ1) is 20.8. The topological polar surface area (TPSA) is 89.6 Å². The predicted octanol–water partition coefficient (Wildman–Crippen LogP) is 2.89. The minimum absolute atomic E-state index is 0.0242. The zero-order valence-electron chi connectivity index (χ0n) is 17.2. The largest absolute Gasteiger partial charge is 0.437 e. The summed E-state index contributed by atoms with van der Waals surface area (Å²) in [6, 6.07) is 12.9. The highest BCUT2D eigenvalue weighted by Crippen LogP contribution is 2.22. The third kappa shape index (κ3) is 5.00. The van der Waals surface area contributed by atoms with Gasteiger partial charge < -0.3 is 19.4 Å². The molecule has 4 rings (SSSR count). The van der Waals surface area contributed by atoms with E-state index in [0.717, 1.165) is 23.5 Å². The zero-order valence-corrected chi connectivity index (χ0v) is 17.2. The van der Waals surface area contributed by atoms with Crippen LogP contribution in [0.1, 0.15) is 13.8 Å². The summed E-state index contributed by atoms with van der Waals surface area (Å²) in [5.41, 5.74) is 2.11. The van der Waals surface area contributed by atoms with Crippen molar-refractivity contribution in [3.05, 3.63) is 64.9 Å². The van der Waals surface area contributed by atoms with Crippen molar-refractivity contribution in [2.75, 3.05) is 23.3 Å². The predicted molar refractivity (Wildman–Crippen MR) is 113 cm³/mol. The number of anilines is 2. The van der Waals surface area contributed by atoms with Crippen LogP contribution in [0, 0.1) is 5.82 Å². The Hall–Kier alpha value is -3.46. The summed E-state index contributed by atoms with van der Waals surface area (Å²) in [6.45, 7) is 5.40. The molecule has 8 nitrogen and oxygen atoms in total. The van der Waals surface area contributed by atoms with E-state index in [4.69, 9.17) is 9.15 Å². The van der Waals surface area contributed by atoms with E-state index in [0.29, 0.717) is 11.3 Å². The summed E-state index contributed by atoms with van der Waals surface area (Å²) >= 11 is 0. The Morgan fingerprint density at radius 1 is 1.10 bits per heavy atom. The molecule has 162 valence electrons. The fourth-order valence-corrected chi connectivity index (χ4v) is 3.60. The Morgan fingerprint density at radius 2 is 1.74 bits per heavy atom. The molecule has 2 atom stereocenters. The highest BCUT2D eigenvalue weighted by Gasteiger charge is 2.22. The van der Waals surface area contributed by atoms with Gasteiger partial charge in [-0.2, -0.15) is 4.68 Å². The highest BCUT2D eigenvalue weighted by molar-refractivity contribution is 5.90. The van der Waals surface area contributed by atoms with Crippen molar-refractivity contribution in [3.63, 3.8) is 0 Å². The molecule has 1 fully saturated rings. The average molecular weight is 426 g/mol. The number of morpholine rings is 1. The average Bonchev–Trinajstić information content (AvgIpc) is 3.08.